The zero-order valence-electron chi connectivity index (χ0n) is 22.2. The van der Waals surface area contributed by atoms with Gasteiger partial charge >= 0.3 is 12.1 Å². The molecule has 8 heteroatoms. The van der Waals surface area contributed by atoms with Gasteiger partial charge in [-0.3, -0.25) is 0 Å². The minimum absolute atomic E-state index is 0.0751. The summed E-state index contributed by atoms with van der Waals surface area (Å²) in [4.78, 5) is 26.6. The van der Waals surface area contributed by atoms with E-state index < -0.39 is 11.6 Å². The maximum atomic E-state index is 12.6. The number of rotatable bonds is 6. The van der Waals surface area contributed by atoms with Gasteiger partial charge in [-0.15, -0.1) is 0 Å². The molecule has 1 amide bonds. The van der Waals surface area contributed by atoms with Crippen molar-refractivity contribution in [1.82, 2.24) is 4.90 Å². The van der Waals surface area contributed by atoms with Gasteiger partial charge in [0.05, 0.1) is 24.3 Å². The van der Waals surface area contributed by atoms with Crippen LogP contribution in [0.2, 0.25) is 0 Å². The zero-order chi connectivity index (χ0) is 27.3. The largest absolute Gasteiger partial charge is 0.490 e. The van der Waals surface area contributed by atoms with Crippen molar-refractivity contribution in [2.75, 3.05) is 25.5 Å². The summed E-state index contributed by atoms with van der Waals surface area (Å²) in [5.41, 5.74) is 2.11. The van der Waals surface area contributed by atoms with Crippen LogP contribution in [0.25, 0.3) is 10.8 Å². The summed E-state index contributed by atoms with van der Waals surface area (Å²) in [7, 11) is 1.35. The van der Waals surface area contributed by atoms with Gasteiger partial charge in [0.1, 0.15) is 17.5 Å². The number of carbonyl (C=O) groups excluding carboxylic acids is 2. The van der Waals surface area contributed by atoms with Crippen molar-refractivity contribution in [2.24, 2.45) is 0 Å². The van der Waals surface area contributed by atoms with Crippen LogP contribution in [0.15, 0.2) is 54.6 Å². The van der Waals surface area contributed by atoms with Crippen LogP contribution in [0.4, 0.5) is 10.5 Å². The molecule has 1 aliphatic heterocycles. The van der Waals surface area contributed by atoms with E-state index >= 15 is 0 Å². The van der Waals surface area contributed by atoms with Gasteiger partial charge in [0, 0.05) is 38.2 Å². The summed E-state index contributed by atoms with van der Waals surface area (Å²) in [6, 6.07) is 19.2. The molecule has 3 aromatic rings. The Kier molecular flexibility index (Phi) is 8.06. The van der Waals surface area contributed by atoms with Crippen molar-refractivity contribution >= 4 is 28.5 Å². The first kappa shape index (κ1) is 26.8. The zero-order valence-corrected chi connectivity index (χ0v) is 22.2. The number of fused-ring (bicyclic) bond motifs is 1. The molecule has 1 heterocycles. The standard InChI is InChI=1S/C30H33N3O5/c1-30(2,3)38-29(35)33-13-11-24(12-14-33)37-25-9-10-27(26(17-25)28(34)36-4)32-19-21-6-8-22-7-5-20(18-31)15-23(22)16-21/h5-10,15-17,24,32H,11-14,19H2,1-4H3. The lowest BCUT2D eigenvalue weighted by atomic mass is 10.0. The van der Waals surface area contributed by atoms with E-state index in [2.05, 4.69) is 11.4 Å². The average Bonchev–Trinajstić information content (AvgIpc) is 2.90. The molecule has 38 heavy (non-hydrogen) atoms. The molecule has 0 bridgehead atoms. The third-order valence-corrected chi connectivity index (χ3v) is 6.31. The number of amides is 1. The number of carbonyl (C=O) groups is 2. The summed E-state index contributed by atoms with van der Waals surface area (Å²) in [5.74, 6) is 0.108. The highest BCUT2D eigenvalue weighted by atomic mass is 16.6. The SMILES string of the molecule is COC(=O)c1cc(OC2CCN(C(=O)OC(C)(C)C)CC2)ccc1NCc1ccc2ccc(C#N)cc2c1. The van der Waals surface area contributed by atoms with Gasteiger partial charge in [-0.1, -0.05) is 18.2 Å². The Bertz CT molecular complexity index is 1360. The van der Waals surface area contributed by atoms with Crippen LogP contribution in [0.3, 0.4) is 0 Å². The predicted octanol–water partition coefficient (Wildman–Crippen LogP) is 5.89. The number of methoxy groups -OCH3 is 1. The van der Waals surface area contributed by atoms with Crippen LogP contribution >= 0.6 is 0 Å². The Hall–Kier alpha value is -4.25. The smallest absolute Gasteiger partial charge is 0.410 e. The molecule has 1 aliphatic rings. The molecule has 8 nitrogen and oxygen atoms in total. The third kappa shape index (κ3) is 6.74. The van der Waals surface area contributed by atoms with Crippen LogP contribution in [0.5, 0.6) is 5.75 Å². The molecule has 0 aliphatic carbocycles. The van der Waals surface area contributed by atoms with Crippen molar-refractivity contribution in [3.8, 4) is 11.8 Å². The molecule has 1 fully saturated rings. The monoisotopic (exact) mass is 515 g/mol. The van der Waals surface area contributed by atoms with Gasteiger partial charge in [-0.25, -0.2) is 9.59 Å². The molecule has 0 saturated carbocycles. The maximum Gasteiger partial charge on any atom is 0.410 e. The quantitative estimate of drug-likeness (QED) is 0.409. The molecular formula is C30H33N3O5. The van der Waals surface area contributed by atoms with Crippen LogP contribution in [0.1, 0.15) is 55.1 Å². The van der Waals surface area contributed by atoms with Gasteiger partial charge in [0.25, 0.3) is 0 Å². The molecule has 1 saturated heterocycles. The van der Waals surface area contributed by atoms with Gasteiger partial charge in [0.15, 0.2) is 0 Å². The van der Waals surface area contributed by atoms with Crippen LogP contribution < -0.4 is 10.1 Å². The number of ether oxygens (including phenoxy) is 3. The van der Waals surface area contributed by atoms with Crippen molar-refractivity contribution < 1.29 is 23.8 Å². The lowest BCUT2D eigenvalue weighted by Gasteiger charge is -2.33. The first-order valence-electron chi connectivity index (χ1n) is 12.7. The van der Waals surface area contributed by atoms with Gasteiger partial charge in [-0.05, 0) is 73.5 Å². The summed E-state index contributed by atoms with van der Waals surface area (Å²) in [6.07, 6.45) is 0.954. The molecule has 198 valence electrons. The highest BCUT2D eigenvalue weighted by Gasteiger charge is 2.28. The highest BCUT2D eigenvalue weighted by molar-refractivity contribution is 5.96. The van der Waals surface area contributed by atoms with Gasteiger partial charge in [-0.2, -0.15) is 5.26 Å². The van der Waals surface area contributed by atoms with E-state index in [4.69, 9.17) is 14.2 Å². The maximum absolute atomic E-state index is 12.6. The number of nitrogens with one attached hydrogen (secondary N) is 1. The van der Waals surface area contributed by atoms with E-state index in [1.54, 1.807) is 17.0 Å². The molecular weight excluding hydrogens is 482 g/mol. The van der Waals surface area contributed by atoms with E-state index in [-0.39, 0.29) is 12.2 Å². The molecule has 4 rings (SSSR count). The van der Waals surface area contributed by atoms with Crippen molar-refractivity contribution in [2.45, 2.75) is 51.9 Å². The number of esters is 1. The fourth-order valence-electron chi connectivity index (χ4n) is 4.38. The van der Waals surface area contributed by atoms with E-state index in [9.17, 15) is 14.9 Å². The highest BCUT2D eigenvalue weighted by Crippen LogP contribution is 2.27. The minimum atomic E-state index is -0.528. The molecule has 1 N–H and O–H groups in total. The Balaban J connectivity index is 1.41. The molecule has 3 aromatic carbocycles. The number of piperidine rings is 1. The van der Waals surface area contributed by atoms with Crippen LogP contribution in [-0.2, 0) is 16.0 Å². The summed E-state index contributed by atoms with van der Waals surface area (Å²) in [5, 5.41) is 14.6. The molecule has 0 atom stereocenters. The second-order valence-electron chi connectivity index (χ2n) is 10.3. The second kappa shape index (κ2) is 11.4. The van der Waals surface area contributed by atoms with E-state index in [1.165, 1.54) is 7.11 Å². The second-order valence-corrected chi connectivity index (χ2v) is 10.3. The number of anilines is 1. The Labute approximate surface area is 223 Å². The number of benzene rings is 3. The number of hydrogen-bond acceptors (Lipinski definition) is 7. The third-order valence-electron chi connectivity index (χ3n) is 6.31. The Morgan fingerprint density at radius 1 is 1.03 bits per heavy atom. The minimum Gasteiger partial charge on any atom is -0.490 e. The van der Waals surface area contributed by atoms with E-state index in [0.29, 0.717) is 55.0 Å². The summed E-state index contributed by atoms with van der Waals surface area (Å²) >= 11 is 0. The normalized spacial score (nSPS) is 14.0. The van der Waals surface area contributed by atoms with Crippen molar-refractivity contribution in [1.29, 1.82) is 5.26 Å². The number of nitrogens with zero attached hydrogens (tertiary/aromatic N) is 2. The lowest BCUT2D eigenvalue weighted by Crippen LogP contribution is -2.44. The Morgan fingerprint density at radius 3 is 2.45 bits per heavy atom. The molecule has 0 aromatic heterocycles. The summed E-state index contributed by atoms with van der Waals surface area (Å²) < 4.78 is 16.6. The van der Waals surface area contributed by atoms with Gasteiger partial charge < -0.3 is 24.4 Å². The first-order chi connectivity index (χ1) is 18.1. The number of likely N-dealkylation sites (tertiary alicyclic amines) is 1. The van der Waals surface area contributed by atoms with E-state index in [0.717, 1.165) is 16.3 Å². The van der Waals surface area contributed by atoms with Crippen molar-refractivity contribution in [3.63, 3.8) is 0 Å². The fourth-order valence-corrected chi connectivity index (χ4v) is 4.38. The first-order valence-corrected chi connectivity index (χ1v) is 12.7. The van der Waals surface area contributed by atoms with Crippen LogP contribution in [0, 0.1) is 11.3 Å². The van der Waals surface area contributed by atoms with Gasteiger partial charge in [0.2, 0.25) is 0 Å². The lowest BCUT2D eigenvalue weighted by molar-refractivity contribution is 0.0126. The molecule has 0 radical (unpaired) electrons. The average molecular weight is 516 g/mol. The van der Waals surface area contributed by atoms with E-state index in [1.807, 2.05) is 63.2 Å². The Morgan fingerprint density at radius 2 is 1.76 bits per heavy atom. The number of nitriles is 1. The predicted molar refractivity (Wildman–Crippen MR) is 145 cm³/mol. The topological polar surface area (TPSA) is 101 Å². The number of hydrogen-bond donors (Lipinski definition) is 1. The molecule has 0 unspecified atom stereocenters. The summed E-state index contributed by atoms with van der Waals surface area (Å²) in [6.45, 7) is 7.14. The van der Waals surface area contributed by atoms with Crippen molar-refractivity contribution in [3.05, 3.63) is 71.3 Å². The molecule has 0 spiro atoms. The van der Waals surface area contributed by atoms with Crippen LogP contribution in [-0.4, -0.2) is 48.9 Å². The fraction of sp³-hybridized carbons (Fsp3) is 0.367.